The Morgan fingerprint density at radius 3 is 3.00 bits per heavy atom. The van der Waals surface area contributed by atoms with Crippen LogP contribution in [0.25, 0.3) is 0 Å². The number of hydrogen-bond donors (Lipinski definition) is 0. The molecule has 1 unspecified atom stereocenters. The van der Waals surface area contributed by atoms with Crippen LogP contribution in [0.1, 0.15) is 18.6 Å². The maximum atomic E-state index is 5.06. The summed E-state index contributed by atoms with van der Waals surface area (Å²) < 4.78 is 5.06. The molecule has 2 nitrogen and oxygen atoms in total. The highest BCUT2D eigenvalue weighted by atomic mass is 16.5. The minimum absolute atomic E-state index is 0.0914. The summed E-state index contributed by atoms with van der Waals surface area (Å²) in [4.78, 5) is 3.85. The summed E-state index contributed by atoms with van der Waals surface area (Å²) in [7, 11) is 1.67. The van der Waals surface area contributed by atoms with Crippen LogP contribution >= 0.6 is 0 Å². The Morgan fingerprint density at radius 2 is 2.50 bits per heavy atom. The van der Waals surface area contributed by atoms with Gasteiger partial charge in [0.15, 0.2) is 0 Å². The Hall–Kier alpha value is -0.890. The smallest absolute Gasteiger partial charge is 0.0947 e. The summed E-state index contributed by atoms with van der Waals surface area (Å²) in [5.41, 5.74) is 0.991. The van der Waals surface area contributed by atoms with Crippen molar-refractivity contribution in [2.45, 2.75) is 13.0 Å². The first-order valence-electron chi connectivity index (χ1n) is 3.20. The fraction of sp³-hybridized carbons (Fsp3) is 0.375. The van der Waals surface area contributed by atoms with Crippen LogP contribution in [0.5, 0.6) is 0 Å². The van der Waals surface area contributed by atoms with Crippen molar-refractivity contribution in [2.24, 2.45) is 0 Å². The molecule has 2 heteroatoms. The van der Waals surface area contributed by atoms with Crippen LogP contribution < -0.4 is 0 Å². The zero-order chi connectivity index (χ0) is 7.40. The quantitative estimate of drug-likeness (QED) is 0.616. The van der Waals surface area contributed by atoms with Crippen molar-refractivity contribution < 1.29 is 4.74 Å². The monoisotopic (exact) mass is 136 g/mol. The van der Waals surface area contributed by atoms with Gasteiger partial charge in [-0.05, 0) is 13.0 Å². The molecule has 0 aliphatic carbocycles. The molecule has 1 aromatic heterocycles. The van der Waals surface area contributed by atoms with Gasteiger partial charge in [0.1, 0.15) is 0 Å². The van der Waals surface area contributed by atoms with Crippen molar-refractivity contribution in [2.75, 3.05) is 7.11 Å². The van der Waals surface area contributed by atoms with Crippen LogP contribution in [0.4, 0.5) is 0 Å². The average Bonchev–Trinajstić information content (AvgIpc) is 2.05. The van der Waals surface area contributed by atoms with E-state index in [2.05, 4.69) is 11.2 Å². The van der Waals surface area contributed by atoms with Crippen molar-refractivity contribution >= 4 is 0 Å². The van der Waals surface area contributed by atoms with E-state index in [1.807, 2.05) is 19.1 Å². The van der Waals surface area contributed by atoms with E-state index in [1.165, 1.54) is 0 Å². The predicted molar refractivity (Wildman–Crippen MR) is 38.5 cm³/mol. The van der Waals surface area contributed by atoms with Crippen LogP contribution in [-0.2, 0) is 4.74 Å². The normalized spacial score (nSPS) is 13.0. The van der Waals surface area contributed by atoms with Gasteiger partial charge in [-0.25, -0.2) is 0 Å². The number of methoxy groups -OCH3 is 1. The fourth-order valence-corrected chi connectivity index (χ4v) is 0.692. The minimum atomic E-state index is 0.0914. The molecule has 1 radical (unpaired) electrons. The number of hydrogen-bond acceptors (Lipinski definition) is 2. The standard InChI is InChI=1S/C8H10NO/c1-7(10-2)8-4-3-5-9-6-8/h3-5,7H,1-2H3. The fourth-order valence-electron chi connectivity index (χ4n) is 0.692. The third kappa shape index (κ3) is 1.54. The summed E-state index contributed by atoms with van der Waals surface area (Å²) in [5, 5.41) is 0. The molecule has 0 aliphatic heterocycles. The van der Waals surface area contributed by atoms with Gasteiger partial charge in [0.25, 0.3) is 0 Å². The average molecular weight is 136 g/mol. The van der Waals surface area contributed by atoms with Crippen molar-refractivity contribution in [1.29, 1.82) is 0 Å². The van der Waals surface area contributed by atoms with Gasteiger partial charge in [0.05, 0.1) is 12.3 Å². The Balaban J connectivity index is 2.75. The molecular formula is C8H10NO. The van der Waals surface area contributed by atoms with Gasteiger partial charge in [-0.3, -0.25) is 4.98 Å². The minimum Gasteiger partial charge on any atom is -0.377 e. The molecule has 1 heterocycles. The zero-order valence-corrected chi connectivity index (χ0v) is 6.16. The Kier molecular flexibility index (Phi) is 2.40. The van der Waals surface area contributed by atoms with Crippen molar-refractivity contribution in [3.05, 3.63) is 30.1 Å². The van der Waals surface area contributed by atoms with E-state index in [0.717, 1.165) is 5.56 Å². The highest BCUT2D eigenvalue weighted by Crippen LogP contribution is 2.11. The molecule has 10 heavy (non-hydrogen) atoms. The van der Waals surface area contributed by atoms with E-state index < -0.39 is 0 Å². The highest BCUT2D eigenvalue weighted by Gasteiger charge is 2.01. The van der Waals surface area contributed by atoms with E-state index in [0.29, 0.717) is 0 Å². The molecule has 0 amide bonds. The van der Waals surface area contributed by atoms with Crippen LogP contribution in [0.2, 0.25) is 0 Å². The van der Waals surface area contributed by atoms with Crippen molar-refractivity contribution in [3.63, 3.8) is 0 Å². The Labute approximate surface area is 60.9 Å². The zero-order valence-electron chi connectivity index (χ0n) is 6.16. The topological polar surface area (TPSA) is 22.1 Å². The van der Waals surface area contributed by atoms with Gasteiger partial charge >= 0.3 is 0 Å². The Bertz CT molecular complexity index is 186. The van der Waals surface area contributed by atoms with E-state index in [9.17, 15) is 0 Å². The number of rotatable bonds is 2. The van der Waals surface area contributed by atoms with Gasteiger partial charge in [-0.2, -0.15) is 0 Å². The molecule has 1 aromatic rings. The lowest BCUT2D eigenvalue weighted by molar-refractivity contribution is 0.119. The molecule has 0 saturated carbocycles. The summed E-state index contributed by atoms with van der Waals surface area (Å²) >= 11 is 0. The number of nitrogens with zero attached hydrogens (tertiary/aromatic N) is 1. The number of ether oxygens (including phenoxy) is 1. The second kappa shape index (κ2) is 3.32. The Morgan fingerprint density at radius 1 is 1.70 bits per heavy atom. The lowest BCUT2D eigenvalue weighted by atomic mass is 10.2. The third-order valence-corrected chi connectivity index (χ3v) is 1.42. The van der Waals surface area contributed by atoms with Crippen LogP contribution in [-0.4, -0.2) is 12.1 Å². The molecule has 1 atom stereocenters. The maximum Gasteiger partial charge on any atom is 0.0947 e. The van der Waals surface area contributed by atoms with Crippen LogP contribution in [0, 0.1) is 6.20 Å². The van der Waals surface area contributed by atoms with Crippen molar-refractivity contribution in [3.8, 4) is 0 Å². The lowest BCUT2D eigenvalue weighted by Gasteiger charge is -2.06. The molecule has 0 bridgehead atoms. The van der Waals surface area contributed by atoms with Crippen LogP contribution in [0.3, 0.4) is 0 Å². The molecule has 53 valence electrons. The second-order valence-corrected chi connectivity index (χ2v) is 2.08. The summed E-state index contributed by atoms with van der Waals surface area (Å²) in [5.74, 6) is 0. The molecule has 1 rings (SSSR count). The van der Waals surface area contributed by atoms with Gasteiger partial charge in [-0.1, -0.05) is 6.07 Å². The van der Waals surface area contributed by atoms with Gasteiger partial charge in [0, 0.05) is 18.9 Å². The van der Waals surface area contributed by atoms with E-state index in [1.54, 1.807) is 13.3 Å². The van der Waals surface area contributed by atoms with E-state index in [4.69, 9.17) is 4.74 Å². The van der Waals surface area contributed by atoms with Crippen molar-refractivity contribution in [1.82, 2.24) is 4.98 Å². The van der Waals surface area contributed by atoms with Crippen LogP contribution in [0.15, 0.2) is 18.3 Å². The van der Waals surface area contributed by atoms with Gasteiger partial charge in [0.2, 0.25) is 0 Å². The molecule has 0 aliphatic rings. The third-order valence-electron chi connectivity index (χ3n) is 1.42. The summed E-state index contributed by atoms with van der Waals surface area (Å²) in [6, 6.07) is 3.82. The van der Waals surface area contributed by atoms with Gasteiger partial charge < -0.3 is 4.74 Å². The largest absolute Gasteiger partial charge is 0.377 e. The molecule has 0 aromatic carbocycles. The summed E-state index contributed by atoms with van der Waals surface area (Å²) in [6.07, 6.45) is 4.64. The lowest BCUT2D eigenvalue weighted by Crippen LogP contribution is -1.95. The maximum absolute atomic E-state index is 5.06. The summed E-state index contributed by atoms with van der Waals surface area (Å²) in [6.45, 7) is 1.97. The second-order valence-electron chi connectivity index (χ2n) is 2.08. The first kappa shape index (κ1) is 7.22. The SMILES string of the molecule is COC(C)c1[c]nccc1. The molecule has 0 fully saturated rings. The molecular weight excluding hydrogens is 126 g/mol. The van der Waals surface area contributed by atoms with E-state index in [-0.39, 0.29) is 6.10 Å². The van der Waals surface area contributed by atoms with Gasteiger partial charge in [-0.15, -0.1) is 0 Å². The highest BCUT2D eigenvalue weighted by molar-refractivity contribution is 5.09. The van der Waals surface area contributed by atoms with E-state index >= 15 is 0 Å². The molecule has 0 spiro atoms. The predicted octanol–water partition coefficient (Wildman–Crippen LogP) is 1.59. The first-order valence-corrected chi connectivity index (χ1v) is 3.20. The molecule has 0 N–H and O–H groups in total. The number of aromatic nitrogens is 1. The number of pyridine rings is 1. The molecule has 0 saturated heterocycles. The first-order chi connectivity index (χ1) is 4.84.